The van der Waals surface area contributed by atoms with E-state index in [1.807, 2.05) is 0 Å². The number of unbranched alkanes of at least 4 members (excludes halogenated alkanes) is 2. The number of nitrogens with zero attached hydrogens (tertiary/aromatic N) is 1. The molecule has 104 valence electrons. The molecule has 0 amide bonds. The van der Waals surface area contributed by atoms with Crippen LogP contribution in [-0.4, -0.2) is 36.6 Å². The van der Waals surface area contributed by atoms with Crippen LogP contribution in [0, 0.1) is 0 Å². The molecule has 0 saturated carbocycles. The Labute approximate surface area is 109 Å². The van der Waals surface area contributed by atoms with Crippen LogP contribution >= 0.6 is 0 Å². The van der Waals surface area contributed by atoms with Gasteiger partial charge in [0.05, 0.1) is 0 Å². The van der Waals surface area contributed by atoms with Crippen LogP contribution in [0.4, 0.5) is 0 Å². The summed E-state index contributed by atoms with van der Waals surface area (Å²) in [6.45, 7) is 13.7. The normalized spacial score (nSPS) is 14.3. The van der Waals surface area contributed by atoms with Gasteiger partial charge < -0.3 is 5.32 Å². The lowest BCUT2D eigenvalue weighted by atomic mass is 10.0. The van der Waals surface area contributed by atoms with Crippen LogP contribution in [0.15, 0.2) is 0 Å². The van der Waals surface area contributed by atoms with Crippen molar-refractivity contribution in [2.45, 2.75) is 78.3 Å². The lowest BCUT2D eigenvalue weighted by molar-refractivity contribution is 0.150. The van der Waals surface area contributed by atoms with Crippen molar-refractivity contribution < 1.29 is 0 Å². The van der Waals surface area contributed by atoms with Crippen LogP contribution in [0.3, 0.4) is 0 Å². The fourth-order valence-corrected chi connectivity index (χ4v) is 1.85. The first-order valence-corrected chi connectivity index (χ1v) is 7.38. The van der Waals surface area contributed by atoms with Crippen LogP contribution in [0.25, 0.3) is 0 Å². The van der Waals surface area contributed by atoms with E-state index in [-0.39, 0.29) is 0 Å². The van der Waals surface area contributed by atoms with E-state index in [1.54, 1.807) is 0 Å². The van der Waals surface area contributed by atoms with Crippen molar-refractivity contribution in [3.8, 4) is 0 Å². The highest BCUT2D eigenvalue weighted by molar-refractivity contribution is 4.77. The number of rotatable bonds is 10. The molecule has 0 aliphatic rings. The van der Waals surface area contributed by atoms with E-state index in [4.69, 9.17) is 0 Å². The molecule has 0 aromatic carbocycles. The van der Waals surface area contributed by atoms with Crippen molar-refractivity contribution in [3.05, 3.63) is 0 Å². The maximum absolute atomic E-state index is 3.63. The molecule has 1 unspecified atom stereocenters. The van der Waals surface area contributed by atoms with Crippen LogP contribution in [0.1, 0.15) is 66.7 Å². The van der Waals surface area contributed by atoms with Crippen molar-refractivity contribution >= 4 is 0 Å². The number of hydrogen-bond donors (Lipinski definition) is 1. The van der Waals surface area contributed by atoms with E-state index in [9.17, 15) is 0 Å². The number of likely N-dealkylation sites (N-methyl/N-ethyl adjacent to an activating group) is 1. The fraction of sp³-hybridized carbons (Fsp3) is 1.00. The predicted octanol–water partition coefficient (Wildman–Crippen LogP) is 3.67. The zero-order chi connectivity index (χ0) is 13.3. The van der Waals surface area contributed by atoms with Gasteiger partial charge in [-0.2, -0.15) is 0 Å². The Morgan fingerprint density at radius 2 is 1.82 bits per heavy atom. The molecule has 2 nitrogen and oxygen atoms in total. The van der Waals surface area contributed by atoms with Crippen LogP contribution in [0.2, 0.25) is 0 Å². The molecular formula is C15H34N2. The van der Waals surface area contributed by atoms with Gasteiger partial charge in [0.15, 0.2) is 0 Å². The Hall–Kier alpha value is -0.0800. The summed E-state index contributed by atoms with van der Waals surface area (Å²) in [6.07, 6.45) is 6.57. The van der Waals surface area contributed by atoms with E-state index in [0.717, 1.165) is 13.1 Å². The quantitative estimate of drug-likeness (QED) is 0.588. The molecule has 0 aliphatic heterocycles. The zero-order valence-corrected chi connectivity index (χ0v) is 13.0. The Bertz CT molecular complexity index is 178. The van der Waals surface area contributed by atoms with E-state index < -0.39 is 0 Å². The Morgan fingerprint density at radius 1 is 1.18 bits per heavy atom. The van der Waals surface area contributed by atoms with E-state index >= 15 is 0 Å². The molecule has 1 atom stereocenters. The van der Waals surface area contributed by atoms with Crippen LogP contribution in [-0.2, 0) is 0 Å². The zero-order valence-electron chi connectivity index (χ0n) is 13.0. The third-order valence-electron chi connectivity index (χ3n) is 4.08. The van der Waals surface area contributed by atoms with Crippen LogP contribution in [0.5, 0.6) is 0 Å². The molecule has 0 aromatic heterocycles. The average molecular weight is 242 g/mol. The third kappa shape index (κ3) is 7.77. The van der Waals surface area contributed by atoms with Gasteiger partial charge in [-0.3, -0.25) is 4.90 Å². The Balaban J connectivity index is 3.62. The first-order valence-electron chi connectivity index (χ1n) is 7.38. The molecule has 2 heteroatoms. The molecule has 0 fully saturated rings. The maximum atomic E-state index is 3.63. The minimum Gasteiger partial charge on any atom is -0.313 e. The van der Waals surface area contributed by atoms with Crippen molar-refractivity contribution in [2.75, 3.05) is 20.1 Å². The highest BCUT2D eigenvalue weighted by Crippen LogP contribution is 2.15. The van der Waals surface area contributed by atoms with Crippen molar-refractivity contribution in [2.24, 2.45) is 0 Å². The van der Waals surface area contributed by atoms with E-state index in [2.05, 4.69) is 51.9 Å². The minimum absolute atomic E-state index is 0.327. The summed E-state index contributed by atoms with van der Waals surface area (Å²) in [4.78, 5) is 2.46. The molecule has 1 N–H and O–H groups in total. The van der Waals surface area contributed by atoms with Gasteiger partial charge in [-0.1, -0.05) is 33.1 Å². The van der Waals surface area contributed by atoms with Gasteiger partial charge in [0, 0.05) is 24.7 Å². The van der Waals surface area contributed by atoms with Gasteiger partial charge in [0.1, 0.15) is 0 Å². The van der Waals surface area contributed by atoms with Crippen molar-refractivity contribution in [3.63, 3.8) is 0 Å². The topological polar surface area (TPSA) is 15.3 Å². The summed E-state index contributed by atoms with van der Waals surface area (Å²) >= 11 is 0. The Kier molecular flexibility index (Phi) is 8.89. The summed E-state index contributed by atoms with van der Waals surface area (Å²) in [5.41, 5.74) is 0.327. The molecule has 0 saturated heterocycles. The summed E-state index contributed by atoms with van der Waals surface area (Å²) < 4.78 is 0. The highest BCUT2D eigenvalue weighted by Gasteiger charge is 2.20. The second-order valence-electron chi connectivity index (χ2n) is 5.94. The summed E-state index contributed by atoms with van der Waals surface area (Å²) in [5, 5.41) is 3.63. The van der Waals surface area contributed by atoms with Crippen molar-refractivity contribution in [1.82, 2.24) is 10.2 Å². The van der Waals surface area contributed by atoms with Gasteiger partial charge in [0.2, 0.25) is 0 Å². The molecule has 0 heterocycles. The van der Waals surface area contributed by atoms with E-state index in [0.29, 0.717) is 11.6 Å². The SMILES string of the molecule is CCCCCC(C)NCCN(C)C(C)(C)CC. The number of nitrogens with one attached hydrogen (secondary N) is 1. The van der Waals surface area contributed by atoms with E-state index in [1.165, 1.54) is 32.1 Å². The number of hydrogen-bond acceptors (Lipinski definition) is 2. The molecular weight excluding hydrogens is 208 g/mol. The van der Waals surface area contributed by atoms with Gasteiger partial charge in [-0.25, -0.2) is 0 Å². The molecule has 17 heavy (non-hydrogen) atoms. The predicted molar refractivity (Wildman–Crippen MR) is 78.6 cm³/mol. The van der Waals surface area contributed by atoms with Gasteiger partial charge >= 0.3 is 0 Å². The van der Waals surface area contributed by atoms with Crippen molar-refractivity contribution in [1.29, 1.82) is 0 Å². The molecule has 0 bridgehead atoms. The van der Waals surface area contributed by atoms with Gasteiger partial charge in [-0.15, -0.1) is 0 Å². The summed E-state index contributed by atoms with van der Waals surface area (Å²) in [5.74, 6) is 0. The smallest absolute Gasteiger partial charge is 0.0148 e. The monoisotopic (exact) mass is 242 g/mol. The second kappa shape index (κ2) is 8.93. The van der Waals surface area contributed by atoms with Crippen LogP contribution < -0.4 is 5.32 Å². The highest BCUT2D eigenvalue weighted by atomic mass is 15.2. The van der Waals surface area contributed by atoms with Gasteiger partial charge in [-0.05, 0) is 40.7 Å². The average Bonchev–Trinajstić information content (AvgIpc) is 2.29. The first kappa shape index (κ1) is 16.9. The Morgan fingerprint density at radius 3 is 2.35 bits per heavy atom. The largest absolute Gasteiger partial charge is 0.313 e. The third-order valence-corrected chi connectivity index (χ3v) is 4.08. The maximum Gasteiger partial charge on any atom is 0.0148 e. The molecule has 0 aromatic rings. The molecule has 0 aliphatic carbocycles. The first-order chi connectivity index (χ1) is 7.94. The molecule has 0 spiro atoms. The molecule has 0 radical (unpaired) electrons. The lowest BCUT2D eigenvalue weighted by Crippen LogP contribution is -2.44. The standard InChI is InChI=1S/C15H34N2/c1-7-9-10-11-14(3)16-12-13-17(6)15(4,5)8-2/h14,16H,7-13H2,1-6H3. The fourth-order valence-electron chi connectivity index (χ4n) is 1.85. The minimum atomic E-state index is 0.327. The second-order valence-corrected chi connectivity index (χ2v) is 5.94. The lowest BCUT2D eigenvalue weighted by Gasteiger charge is -2.35. The summed E-state index contributed by atoms with van der Waals surface area (Å²) in [7, 11) is 2.23. The summed E-state index contributed by atoms with van der Waals surface area (Å²) in [6, 6.07) is 0.666. The molecule has 0 rings (SSSR count). The van der Waals surface area contributed by atoms with Gasteiger partial charge in [0.25, 0.3) is 0 Å².